The summed E-state index contributed by atoms with van der Waals surface area (Å²) >= 11 is 6.11. The maximum Gasteiger partial charge on any atom is 0.241 e. The summed E-state index contributed by atoms with van der Waals surface area (Å²) in [5.74, 6) is 0.124. The molecule has 1 aliphatic heterocycles. The summed E-state index contributed by atoms with van der Waals surface area (Å²) in [5.41, 5.74) is 3.13. The molecule has 0 atom stereocenters. The highest BCUT2D eigenvalue weighted by Gasteiger charge is 2.20. The Bertz CT molecular complexity index is 697. The summed E-state index contributed by atoms with van der Waals surface area (Å²) in [7, 11) is 0. The minimum Gasteiger partial charge on any atom is -0.376 e. The van der Waals surface area contributed by atoms with Crippen molar-refractivity contribution in [2.24, 2.45) is 0 Å². The number of nitrogens with zero attached hydrogens (tertiary/aromatic N) is 2. The second-order valence-corrected chi connectivity index (χ2v) is 6.43. The van der Waals surface area contributed by atoms with Crippen molar-refractivity contribution in [2.45, 2.75) is 6.92 Å². The molecule has 0 radical (unpaired) electrons. The SMILES string of the molecule is Cc1ccc(NCC(=O)N2CCN(c3ccccc3)CC2)cc1Cl. The van der Waals surface area contributed by atoms with Crippen molar-refractivity contribution in [2.75, 3.05) is 42.9 Å². The maximum absolute atomic E-state index is 12.4. The normalized spacial score (nSPS) is 14.6. The Morgan fingerprint density at radius 3 is 2.46 bits per heavy atom. The van der Waals surface area contributed by atoms with E-state index in [9.17, 15) is 4.79 Å². The average Bonchev–Trinajstić information content (AvgIpc) is 2.63. The molecular weight excluding hydrogens is 322 g/mol. The molecule has 5 heteroatoms. The molecule has 1 saturated heterocycles. The summed E-state index contributed by atoms with van der Waals surface area (Å²) in [4.78, 5) is 16.6. The van der Waals surface area contributed by atoms with Crippen molar-refractivity contribution in [1.82, 2.24) is 4.90 Å². The van der Waals surface area contributed by atoms with Crippen LogP contribution in [-0.4, -0.2) is 43.5 Å². The van der Waals surface area contributed by atoms with Gasteiger partial charge in [-0.05, 0) is 36.8 Å². The molecule has 1 fully saturated rings. The van der Waals surface area contributed by atoms with Crippen LogP contribution in [0.25, 0.3) is 0 Å². The maximum atomic E-state index is 12.4. The minimum absolute atomic E-state index is 0.124. The molecule has 1 heterocycles. The molecular formula is C19H22ClN3O. The number of amides is 1. The van der Waals surface area contributed by atoms with Crippen LogP contribution in [0.3, 0.4) is 0 Å². The Hall–Kier alpha value is -2.20. The van der Waals surface area contributed by atoms with Gasteiger partial charge in [0.05, 0.1) is 6.54 Å². The van der Waals surface area contributed by atoms with Gasteiger partial charge in [0, 0.05) is 42.6 Å². The Morgan fingerprint density at radius 1 is 1.08 bits per heavy atom. The number of rotatable bonds is 4. The van der Waals surface area contributed by atoms with E-state index < -0.39 is 0 Å². The van der Waals surface area contributed by atoms with E-state index >= 15 is 0 Å². The van der Waals surface area contributed by atoms with Crippen LogP contribution < -0.4 is 10.2 Å². The van der Waals surface area contributed by atoms with Gasteiger partial charge in [0.25, 0.3) is 0 Å². The molecule has 0 spiro atoms. The summed E-state index contributed by atoms with van der Waals surface area (Å²) < 4.78 is 0. The number of para-hydroxylation sites is 1. The van der Waals surface area contributed by atoms with Crippen LogP contribution in [0.1, 0.15) is 5.56 Å². The lowest BCUT2D eigenvalue weighted by Crippen LogP contribution is -2.50. The average molecular weight is 344 g/mol. The highest BCUT2D eigenvalue weighted by Crippen LogP contribution is 2.20. The van der Waals surface area contributed by atoms with Crippen LogP contribution in [0.5, 0.6) is 0 Å². The van der Waals surface area contributed by atoms with Gasteiger partial charge in [-0.25, -0.2) is 0 Å². The van der Waals surface area contributed by atoms with Crippen molar-refractivity contribution in [3.05, 3.63) is 59.1 Å². The van der Waals surface area contributed by atoms with E-state index in [0.29, 0.717) is 11.6 Å². The van der Waals surface area contributed by atoms with Crippen molar-refractivity contribution in [1.29, 1.82) is 0 Å². The van der Waals surface area contributed by atoms with Crippen molar-refractivity contribution >= 4 is 28.9 Å². The Balaban J connectivity index is 1.49. The number of carbonyl (C=O) groups is 1. The molecule has 0 unspecified atom stereocenters. The first kappa shape index (κ1) is 16.7. The topological polar surface area (TPSA) is 35.6 Å². The Morgan fingerprint density at radius 2 is 1.79 bits per heavy atom. The van der Waals surface area contributed by atoms with E-state index in [-0.39, 0.29) is 5.91 Å². The van der Waals surface area contributed by atoms with Crippen molar-refractivity contribution in [3.63, 3.8) is 0 Å². The number of nitrogens with one attached hydrogen (secondary N) is 1. The zero-order valence-corrected chi connectivity index (χ0v) is 14.6. The molecule has 1 aliphatic rings. The molecule has 3 rings (SSSR count). The third-order valence-corrected chi connectivity index (χ3v) is 4.78. The lowest BCUT2D eigenvalue weighted by molar-refractivity contribution is -0.129. The van der Waals surface area contributed by atoms with Gasteiger partial charge in [0.15, 0.2) is 0 Å². The van der Waals surface area contributed by atoms with Gasteiger partial charge in [-0.15, -0.1) is 0 Å². The third kappa shape index (κ3) is 4.01. The molecule has 126 valence electrons. The number of piperazine rings is 1. The summed E-state index contributed by atoms with van der Waals surface area (Å²) in [6.45, 7) is 5.50. The first-order chi connectivity index (χ1) is 11.6. The van der Waals surface area contributed by atoms with Crippen LogP contribution in [0, 0.1) is 6.92 Å². The fourth-order valence-electron chi connectivity index (χ4n) is 2.85. The number of halogens is 1. The number of hydrogen-bond acceptors (Lipinski definition) is 3. The quantitative estimate of drug-likeness (QED) is 0.924. The molecule has 2 aromatic carbocycles. The second kappa shape index (κ2) is 7.58. The van der Waals surface area contributed by atoms with E-state index in [0.717, 1.165) is 37.4 Å². The number of carbonyl (C=O) groups excluding carboxylic acids is 1. The third-order valence-electron chi connectivity index (χ3n) is 4.37. The van der Waals surface area contributed by atoms with Crippen LogP contribution >= 0.6 is 11.6 Å². The smallest absolute Gasteiger partial charge is 0.241 e. The van der Waals surface area contributed by atoms with Gasteiger partial charge < -0.3 is 15.1 Å². The van der Waals surface area contributed by atoms with Crippen LogP contribution in [0.4, 0.5) is 11.4 Å². The monoisotopic (exact) mass is 343 g/mol. The van der Waals surface area contributed by atoms with E-state index in [1.807, 2.05) is 48.2 Å². The molecule has 1 N–H and O–H groups in total. The first-order valence-electron chi connectivity index (χ1n) is 8.21. The van der Waals surface area contributed by atoms with Gasteiger partial charge in [-0.2, -0.15) is 0 Å². The molecule has 4 nitrogen and oxygen atoms in total. The van der Waals surface area contributed by atoms with Gasteiger partial charge in [-0.3, -0.25) is 4.79 Å². The fraction of sp³-hybridized carbons (Fsp3) is 0.316. The summed E-state index contributed by atoms with van der Waals surface area (Å²) in [5, 5.41) is 3.88. The Kier molecular flexibility index (Phi) is 5.26. The lowest BCUT2D eigenvalue weighted by atomic mass is 10.2. The molecule has 0 saturated carbocycles. The largest absolute Gasteiger partial charge is 0.376 e. The molecule has 2 aromatic rings. The van der Waals surface area contributed by atoms with Crippen molar-refractivity contribution in [3.8, 4) is 0 Å². The summed E-state index contributed by atoms with van der Waals surface area (Å²) in [6, 6.07) is 16.1. The van der Waals surface area contributed by atoms with E-state index in [1.54, 1.807) is 0 Å². The summed E-state index contributed by atoms with van der Waals surface area (Å²) in [6.07, 6.45) is 0. The van der Waals surface area contributed by atoms with Crippen LogP contribution in [0.2, 0.25) is 5.02 Å². The standard InChI is InChI=1S/C19H22ClN3O/c1-15-7-8-16(13-18(15)20)21-14-19(24)23-11-9-22(10-12-23)17-5-3-2-4-6-17/h2-8,13,21H,9-12,14H2,1H3. The number of anilines is 2. The van der Waals surface area contributed by atoms with Gasteiger partial charge in [0.1, 0.15) is 0 Å². The second-order valence-electron chi connectivity index (χ2n) is 6.02. The van der Waals surface area contributed by atoms with Crippen LogP contribution in [0.15, 0.2) is 48.5 Å². The minimum atomic E-state index is 0.124. The van der Waals surface area contributed by atoms with E-state index in [1.165, 1.54) is 5.69 Å². The zero-order chi connectivity index (χ0) is 16.9. The number of benzene rings is 2. The number of hydrogen-bond donors (Lipinski definition) is 1. The highest BCUT2D eigenvalue weighted by atomic mass is 35.5. The first-order valence-corrected chi connectivity index (χ1v) is 8.59. The molecule has 0 bridgehead atoms. The van der Waals surface area contributed by atoms with Crippen molar-refractivity contribution < 1.29 is 4.79 Å². The predicted molar refractivity (Wildman–Crippen MR) is 99.9 cm³/mol. The zero-order valence-electron chi connectivity index (χ0n) is 13.8. The number of aryl methyl sites for hydroxylation is 1. The van der Waals surface area contributed by atoms with E-state index in [2.05, 4.69) is 22.3 Å². The predicted octanol–water partition coefficient (Wildman–Crippen LogP) is 3.41. The van der Waals surface area contributed by atoms with Gasteiger partial charge in [-0.1, -0.05) is 35.9 Å². The van der Waals surface area contributed by atoms with Gasteiger partial charge >= 0.3 is 0 Å². The molecule has 0 aliphatic carbocycles. The lowest BCUT2D eigenvalue weighted by Gasteiger charge is -2.36. The molecule has 24 heavy (non-hydrogen) atoms. The Labute approximate surface area is 148 Å². The fourth-order valence-corrected chi connectivity index (χ4v) is 3.03. The highest BCUT2D eigenvalue weighted by molar-refractivity contribution is 6.31. The molecule has 0 aromatic heterocycles. The molecule has 1 amide bonds. The van der Waals surface area contributed by atoms with Gasteiger partial charge in [0.2, 0.25) is 5.91 Å². The van der Waals surface area contributed by atoms with Crippen LogP contribution in [-0.2, 0) is 4.79 Å². The van der Waals surface area contributed by atoms with E-state index in [4.69, 9.17) is 11.6 Å².